The standard InChI is InChI=1S/C12H20N2O4/c1-12(2,3)18-11(16)14-6-7-5-8(14)9(7)13-10(15)17-4/h7-9H,5-6H2,1-4H3,(H,13,15)/t7-,8-,9+/m1/s1. The van der Waals surface area contributed by atoms with Crippen LogP contribution in [0.3, 0.4) is 0 Å². The fourth-order valence-corrected chi connectivity index (χ4v) is 2.56. The zero-order valence-electron chi connectivity index (χ0n) is 11.2. The predicted molar refractivity (Wildman–Crippen MR) is 64.2 cm³/mol. The van der Waals surface area contributed by atoms with Crippen LogP contribution >= 0.6 is 0 Å². The van der Waals surface area contributed by atoms with Crippen LogP contribution in [0.15, 0.2) is 0 Å². The molecule has 2 aliphatic heterocycles. The lowest BCUT2D eigenvalue weighted by Crippen LogP contribution is -2.55. The summed E-state index contributed by atoms with van der Waals surface area (Å²) in [6.45, 7) is 6.18. The van der Waals surface area contributed by atoms with Crippen molar-refractivity contribution in [3.05, 3.63) is 0 Å². The summed E-state index contributed by atoms with van der Waals surface area (Å²) in [4.78, 5) is 24.8. The van der Waals surface area contributed by atoms with Crippen molar-refractivity contribution in [3.8, 4) is 0 Å². The van der Waals surface area contributed by atoms with Gasteiger partial charge >= 0.3 is 12.2 Å². The first-order chi connectivity index (χ1) is 8.31. The molecule has 0 unspecified atom stereocenters. The minimum Gasteiger partial charge on any atom is -0.453 e. The molecule has 0 aromatic carbocycles. The Balaban J connectivity index is 1.91. The van der Waals surface area contributed by atoms with Gasteiger partial charge in [0, 0.05) is 12.5 Å². The monoisotopic (exact) mass is 256 g/mol. The number of ether oxygens (including phenoxy) is 2. The number of hydrogen-bond donors (Lipinski definition) is 1. The molecular weight excluding hydrogens is 236 g/mol. The molecule has 0 aromatic rings. The van der Waals surface area contributed by atoms with E-state index < -0.39 is 11.7 Å². The highest BCUT2D eigenvalue weighted by molar-refractivity contribution is 5.71. The molecule has 3 atom stereocenters. The van der Waals surface area contributed by atoms with Crippen LogP contribution in [0, 0.1) is 5.92 Å². The Kier molecular flexibility index (Phi) is 3.12. The summed E-state index contributed by atoms with van der Waals surface area (Å²) >= 11 is 0. The molecule has 3 aliphatic rings. The zero-order chi connectivity index (χ0) is 13.5. The van der Waals surface area contributed by atoms with Crippen LogP contribution in [0.25, 0.3) is 0 Å². The van der Waals surface area contributed by atoms with Crippen LogP contribution < -0.4 is 5.32 Å². The van der Waals surface area contributed by atoms with Crippen LogP contribution in [-0.2, 0) is 9.47 Å². The summed E-state index contributed by atoms with van der Waals surface area (Å²) < 4.78 is 9.91. The number of hydrogen-bond acceptors (Lipinski definition) is 4. The van der Waals surface area contributed by atoms with E-state index in [1.807, 2.05) is 20.8 Å². The van der Waals surface area contributed by atoms with Crippen molar-refractivity contribution < 1.29 is 19.1 Å². The maximum Gasteiger partial charge on any atom is 0.410 e. The molecule has 18 heavy (non-hydrogen) atoms. The molecule has 6 heteroatoms. The van der Waals surface area contributed by atoms with E-state index >= 15 is 0 Å². The van der Waals surface area contributed by atoms with Gasteiger partial charge in [0.2, 0.25) is 0 Å². The Labute approximate surface area is 107 Å². The first-order valence-electron chi connectivity index (χ1n) is 6.16. The molecule has 3 fully saturated rings. The largest absolute Gasteiger partial charge is 0.453 e. The summed E-state index contributed by atoms with van der Waals surface area (Å²) in [5.74, 6) is 0.321. The highest BCUT2D eigenvalue weighted by Crippen LogP contribution is 2.41. The molecule has 1 N–H and O–H groups in total. The van der Waals surface area contributed by atoms with E-state index in [4.69, 9.17) is 4.74 Å². The number of methoxy groups -OCH3 is 1. The lowest BCUT2D eigenvalue weighted by molar-refractivity contribution is 0.0222. The van der Waals surface area contributed by atoms with Crippen molar-refractivity contribution in [2.24, 2.45) is 5.92 Å². The Bertz CT molecular complexity index is 364. The number of alkyl carbamates (subject to hydrolysis) is 1. The van der Waals surface area contributed by atoms with Crippen molar-refractivity contribution in [1.82, 2.24) is 10.2 Å². The first-order valence-corrected chi connectivity index (χ1v) is 6.16. The van der Waals surface area contributed by atoms with Gasteiger partial charge in [-0.3, -0.25) is 0 Å². The van der Waals surface area contributed by atoms with Gasteiger partial charge in [-0.1, -0.05) is 0 Å². The topological polar surface area (TPSA) is 67.9 Å². The van der Waals surface area contributed by atoms with Gasteiger partial charge in [0.15, 0.2) is 0 Å². The molecule has 0 radical (unpaired) electrons. The Morgan fingerprint density at radius 2 is 2.00 bits per heavy atom. The second-order valence-corrected chi connectivity index (χ2v) is 5.86. The van der Waals surface area contributed by atoms with E-state index in [0.29, 0.717) is 12.5 Å². The van der Waals surface area contributed by atoms with Gasteiger partial charge in [0.25, 0.3) is 0 Å². The first kappa shape index (κ1) is 13.0. The van der Waals surface area contributed by atoms with Crippen LogP contribution in [-0.4, -0.2) is 48.4 Å². The van der Waals surface area contributed by atoms with Gasteiger partial charge in [-0.2, -0.15) is 0 Å². The van der Waals surface area contributed by atoms with Crippen molar-refractivity contribution in [2.75, 3.05) is 13.7 Å². The second kappa shape index (κ2) is 4.33. The SMILES string of the molecule is COC(=O)N[C@H]1[C@@H]2C[C@H]1N(C(=O)OC(C)(C)C)C2. The number of nitrogens with one attached hydrogen (secondary N) is 1. The third-order valence-corrected chi connectivity index (χ3v) is 3.40. The molecule has 0 aromatic heterocycles. The Morgan fingerprint density at radius 1 is 1.33 bits per heavy atom. The van der Waals surface area contributed by atoms with E-state index in [1.54, 1.807) is 4.90 Å². The summed E-state index contributed by atoms with van der Waals surface area (Å²) in [5, 5.41) is 2.77. The van der Waals surface area contributed by atoms with Gasteiger partial charge in [0.1, 0.15) is 5.60 Å². The van der Waals surface area contributed by atoms with Crippen molar-refractivity contribution in [2.45, 2.75) is 44.9 Å². The lowest BCUT2D eigenvalue weighted by atomic mass is 9.80. The molecule has 2 saturated heterocycles. The summed E-state index contributed by atoms with van der Waals surface area (Å²) in [6.07, 6.45) is 0.179. The molecule has 2 heterocycles. The maximum absolute atomic E-state index is 12.0. The molecule has 0 spiro atoms. The number of fused-ring (bicyclic) bond motifs is 1. The molecule has 6 nitrogen and oxygen atoms in total. The Morgan fingerprint density at radius 3 is 2.56 bits per heavy atom. The molecule has 2 bridgehead atoms. The van der Waals surface area contributed by atoms with Crippen LogP contribution in [0.4, 0.5) is 9.59 Å². The highest BCUT2D eigenvalue weighted by atomic mass is 16.6. The van der Waals surface area contributed by atoms with E-state index in [1.165, 1.54) is 7.11 Å². The molecule has 1 saturated carbocycles. The van der Waals surface area contributed by atoms with Crippen LogP contribution in [0.2, 0.25) is 0 Å². The summed E-state index contributed by atoms with van der Waals surface area (Å²) in [5.41, 5.74) is -0.491. The fourth-order valence-electron chi connectivity index (χ4n) is 2.56. The average molecular weight is 256 g/mol. The number of rotatable bonds is 1. The zero-order valence-corrected chi connectivity index (χ0v) is 11.2. The minimum atomic E-state index is -0.491. The summed E-state index contributed by atoms with van der Waals surface area (Å²) in [7, 11) is 1.33. The smallest absolute Gasteiger partial charge is 0.410 e. The van der Waals surface area contributed by atoms with Gasteiger partial charge in [-0.05, 0) is 27.2 Å². The van der Waals surface area contributed by atoms with Gasteiger partial charge in [0.05, 0.1) is 19.2 Å². The summed E-state index contributed by atoms with van der Waals surface area (Å²) in [6, 6.07) is 0.0499. The normalized spacial score (nSPS) is 29.6. The molecular formula is C12H20N2O4. The highest BCUT2D eigenvalue weighted by Gasteiger charge is 2.55. The second-order valence-electron chi connectivity index (χ2n) is 5.86. The number of carbonyl (C=O) groups excluding carboxylic acids is 2. The molecule has 1 aliphatic carbocycles. The Hall–Kier alpha value is -1.46. The number of nitrogens with zero attached hydrogens (tertiary/aromatic N) is 1. The lowest BCUT2D eigenvalue weighted by Gasteiger charge is -2.36. The fraction of sp³-hybridized carbons (Fsp3) is 0.833. The maximum atomic E-state index is 12.0. The van der Waals surface area contributed by atoms with Crippen molar-refractivity contribution in [1.29, 1.82) is 0 Å². The molecule has 2 amide bonds. The number of amides is 2. The third kappa shape index (κ3) is 2.37. The predicted octanol–water partition coefficient (Wildman–Crippen LogP) is 1.35. The van der Waals surface area contributed by atoms with E-state index in [0.717, 1.165) is 6.42 Å². The quantitative estimate of drug-likeness (QED) is 0.769. The van der Waals surface area contributed by atoms with Crippen LogP contribution in [0.1, 0.15) is 27.2 Å². The molecule has 3 rings (SSSR count). The van der Waals surface area contributed by atoms with E-state index in [9.17, 15) is 9.59 Å². The van der Waals surface area contributed by atoms with Crippen molar-refractivity contribution in [3.63, 3.8) is 0 Å². The van der Waals surface area contributed by atoms with Crippen LogP contribution in [0.5, 0.6) is 0 Å². The van der Waals surface area contributed by atoms with E-state index in [2.05, 4.69) is 10.1 Å². The third-order valence-electron chi connectivity index (χ3n) is 3.40. The number of carbonyl (C=O) groups is 2. The van der Waals surface area contributed by atoms with Crippen molar-refractivity contribution >= 4 is 12.2 Å². The molecule has 102 valence electrons. The van der Waals surface area contributed by atoms with Gasteiger partial charge in [-0.25, -0.2) is 9.59 Å². The average Bonchev–Trinajstić information content (AvgIpc) is 2.80. The van der Waals surface area contributed by atoms with Gasteiger partial charge in [-0.15, -0.1) is 0 Å². The minimum absolute atomic E-state index is 0.00460. The van der Waals surface area contributed by atoms with E-state index in [-0.39, 0.29) is 18.2 Å². The van der Waals surface area contributed by atoms with Gasteiger partial charge < -0.3 is 19.7 Å².